The molecule has 0 aliphatic carbocycles. The average Bonchev–Trinajstić information content (AvgIpc) is 2.65. The van der Waals surface area contributed by atoms with E-state index in [2.05, 4.69) is 0 Å². The van der Waals surface area contributed by atoms with Crippen molar-refractivity contribution in [2.24, 2.45) is 11.8 Å². The molecule has 1 unspecified atom stereocenters. The van der Waals surface area contributed by atoms with Gasteiger partial charge in [0.25, 0.3) is 0 Å². The lowest BCUT2D eigenvalue weighted by atomic mass is 9.93. The van der Waals surface area contributed by atoms with Gasteiger partial charge in [-0.1, -0.05) is 44.2 Å². The normalized spacial score (nSPS) is 16.8. The molecule has 25 heavy (non-hydrogen) atoms. The molecule has 5 nitrogen and oxygen atoms in total. The highest BCUT2D eigenvalue weighted by Crippen LogP contribution is 2.27. The van der Waals surface area contributed by atoms with Crippen molar-refractivity contribution in [2.75, 3.05) is 26.7 Å². The molecular formula is C20H30N2O3. The molecule has 2 rings (SSSR count). The molecule has 0 bridgehead atoms. The third kappa shape index (κ3) is 4.82. The van der Waals surface area contributed by atoms with E-state index < -0.39 is 0 Å². The molecule has 1 heterocycles. The molecule has 0 saturated carbocycles. The molecular weight excluding hydrogens is 316 g/mol. The second-order valence-corrected chi connectivity index (χ2v) is 7.14. The number of aliphatic hydroxyl groups excluding tert-OH is 1. The van der Waals surface area contributed by atoms with Crippen LogP contribution in [0.1, 0.15) is 44.7 Å². The summed E-state index contributed by atoms with van der Waals surface area (Å²) in [4.78, 5) is 28.7. The van der Waals surface area contributed by atoms with Gasteiger partial charge in [-0.15, -0.1) is 0 Å². The summed E-state index contributed by atoms with van der Waals surface area (Å²) in [6.45, 7) is 5.16. The first kappa shape index (κ1) is 19.4. The zero-order valence-electron chi connectivity index (χ0n) is 15.5. The van der Waals surface area contributed by atoms with Crippen molar-refractivity contribution in [1.29, 1.82) is 0 Å². The Bertz CT molecular complexity index is 566. The number of amides is 2. The third-order valence-corrected chi connectivity index (χ3v) is 5.05. The molecule has 2 amide bonds. The summed E-state index contributed by atoms with van der Waals surface area (Å²) in [5.74, 6) is 0.230. The topological polar surface area (TPSA) is 60.9 Å². The Kier molecular flexibility index (Phi) is 7.00. The number of piperidine rings is 1. The molecule has 0 aromatic heterocycles. The monoisotopic (exact) mass is 346 g/mol. The minimum atomic E-state index is -0.117. The molecule has 1 fully saturated rings. The van der Waals surface area contributed by atoms with Crippen molar-refractivity contribution in [2.45, 2.75) is 39.2 Å². The molecule has 1 atom stereocenters. The highest BCUT2D eigenvalue weighted by atomic mass is 16.3. The van der Waals surface area contributed by atoms with E-state index in [1.165, 1.54) is 0 Å². The summed E-state index contributed by atoms with van der Waals surface area (Å²) in [6, 6.07) is 9.72. The lowest BCUT2D eigenvalue weighted by Crippen LogP contribution is -2.45. The minimum Gasteiger partial charge on any atom is -0.396 e. The summed E-state index contributed by atoms with van der Waals surface area (Å²) in [5, 5.41) is 9.40. The van der Waals surface area contributed by atoms with Crippen molar-refractivity contribution in [3.8, 4) is 0 Å². The Labute approximate surface area is 150 Å². The van der Waals surface area contributed by atoms with Crippen LogP contribution in [0.3, 0.4) is 0 Å². The third-order valence-electron chi connectivity index (χ3n) is 5.05. The first-order valence-electron chi connectivity index (χ1n) is 9.17. The van der Waals surface area contributed by atoms with E-state index in [-0.39, 0.29) is 36.3 Å². The number of hydrogen-bond donors (Lipinski definition) is 1. The lowest BCUT2D eigenvalue weighted by molar-refractivity contribution is -0.142. The number of benzene rings is 1. The Hall–Kier alpha value is -1.88. The SMILES string of the molecule is CC(C)C(=O)N1CCC(C(=O)N(C)C(CCO)c2ccccc2)CC1. The predicted octanol–water partition coefficient (Wildman–Crippen LogP) is 2.46. The van der Waals surface area contributed by atoms with Gasteiger partial charge in [-0.2, -0.15) is 0 Å². The van der Waals surface area contributed by atoms with Crippen molar-refractivity contribution < 1.29 is 14.7 Å². The van der Waals surface area contributed by atoms with Gasteiger partial charge in [-0.05, 0) is 24.8 Å². The number of hydrogen-bond acceptors (Lipinski definition) is 3. The summed E-state index contributed by atoms with van der Waals surface area (Å²) in [6.07, 6.45) is 1.95. The molecule has 1 aliphatic rings. The van der Waals surface area contributed by atoms with Crippen LogP contribution in [0.4, 0.5) is 0 Å². The first-order valence-corrected chi connectivity index (χ1v) is 9.17. The lowest BCUT2D eigenvalue weighted by Gasteiger charge is -2.36. The maximum absolute atomic E-state index is 12.9. The molecule has 1 aromatic carbocycles. The summed E-state index contributed by atoms with van der Waals surface area (Å²) < 4.78 is 0. The van der Waals surface area contributed by atoms with E-state index in [0.29, 0.717) is 32.4 Å². The number of aliphatic hydroxyl groups is 1. The fraction of sp³-hybridized carbons (Fsp3) is 0.600. The van der Waals surface area contributed by atoms with Crippen LogP contribution < -0.4 is 0 Å². The van der Waals surface area contributed by atoms with Crippen LogP contribution in [-0.2, 0) is 9.59 Å². The van der Waals surface area contributed by atoms with Crippen LogP contribution in [0.25, 0.3) is 0 Å². The van der Waals surface area contributed by atoms with Gasteiger partial charge >= 0.3 is 0 Å². The highest BCUT2D eigenvalue weighted by Gasteiger charge is 2.32. The second kappa shape index (κ2) is 8.99. The fourth-order valence-electron chi connectivity index (χ4n) is 3.53. The van der Waals surface area contributed by atoms with Crippen LogP contribution in [-0.4, -0.2) is 53.5 Å². The molecule has 5 heteroatoms. The van der Waals surface area contributed by atoms with E-state index in [1.807, 2.05) is 56.1 Å². The van der Waals surface area contributed by atoms with Crippen LogP contribution in [0.2, 0.25) is 0 Å². The van der Waals surface area contributed by atoms with Gasteiger partial charge in [0.15, 0.2) is 0 Å². The molecule has 138 valence electrons. The van der Waals surface area contributed by atoms with E-state index in [0.717, 1.165) is 5.56 Å². The summed E-state index contributed by atoms with van der Waals surface area (Å²) in [7, 11) is 1.82. The highest BCUT2D eigenvalue weighted by molar-refractivity contribution is 5.81. The number of carbonyl (C=O) groups is 2. The number of likely N-dealkylation sites (tertiary alicyclic amines) is 1. The summed E-state index contributed by atoms with van der Waals surface area (Å²) in [5.41, 5.74) is 1.04. The maximum Gasteiger partial charge on any atom is 0.226 e. The van der Waals surface area contributed by atoms with Crippen molar-refractivity contribution in [3.05, 3.63) is 35.9 Å². The number of carbonyl (C=O) groups excluding carboxylic acids is 2. The quantitative estimate of drug-likeness (QED) is 0.861. The predicted molar refractivity (Wildman–Crippen MR) is 97.8 cm³/mol. The van der Waals surface area contributed by atoms with Crippen molar-refractivity contribution in [3.63, 3.8) is 0 Å². The van der Waals surface area contributed by atoms with E-state index in [1.54, 1.807) is 4.90 Å². The van der Waals surface area contributed by atoms with Gasteiger partial charge in [0.2, 0.25) is 11.8 Å². The largest absolute Gasteiger partial charge is 0.396 e. The van der Waals surface area contributed by atoms with Gasteiger partial charge in [-0.25, -0.2) is 0 Å². The molecule has 1 aliphatic heterocycles. The Balaban J connectivity index is 2.00. The van der Waals surface area contributed by atoms with Gasteiger partial charge in [0.05, 0.1) is 6.04 Å². The zero-order valence-corrected chi connectivity index (χ0v) is 15.5. The number of rotatable bonds is 6. The average molecular weight is 346 g/mol. The van der Waals surface area contributed by atoms with Gasteiger partial charge < -0.3 is 14.9 Å². The van der Waals surface area contributed by atoms with Gasteiger partial charge in [0, 0.05) is 38.6 Å². The Morgan fingerprint density at radius 2 is 1.80 bits per heavy atom. The Morgan fingerprint density at radius 3 is 2.32 bits per heavy atom. The van der Waals surface area contributed by atoms with Crippen LogP contribution in [0, 0.1) is 11.8 Å². The van der Waals surface area contributed by atoms with E-state index in [4.69, 9.17) is 0 Å². The number of nitrogens with zero attached hydrogens (tertiary/aromatic N) is 2. The minimum absolute atomic E-state index is 0.00180. The molecule has 1 saturated heterocycles. The molecule has 0 radical (unpaired) electrons. The van der Waals surface area contributed by atoms with Crippen molar-refractivity contribution in [1.82, 2.24) is 9.80 Å². The Morgan fingerprint density at radius 1 is 1.20 bits per heavy atom. The van der Waals surface area contributed by atoms with Crippen LogP contribution in [0.5, 0.6) is 0 Å². The second-order valence-electron chi connectivity index (χ2n) is 7.14. The fourth-order valence-corrected chi connectivity index (χ4v) is 3.53. The molecule has 0 spiro atoms. The van der Waals surface area contributed by atoms with E-state index >= 15 is 0 Å². The smallest absolute Gasteiger partial charge is 0.226 e. The molecule has 1 N–H and O–H groups in total. The zero-order chi connectivity index (χ0) is 18.4. The maximum atomic E-state index is 12.9. The standard InChI is InChI=1S/C20H30N2O3/c1-15(2)19(24)22-12-9-17(10-13-22)20(25)21(3)18(11-14-23)16-7-5-4-6-8-16/h4-8,15,17-18,23H,9-14H2,1-3H3. The summed E-state index contributed by atoms with van der Waals surface area (Å²) >= 11 is 0. The van der Waals surface area contributed by atoms with Crippen molar-refractivity contribution >= 4 is 11.8 Å². The van der Waals surface area contributed by atoms with E-state index in [9.17, 15) is 14.7 Å². The van der Waals surface area contributed by atoms with Crippen LogP contribution >= 0.6 is 0 Å². The van der Waals surface area contributed by atoms with Gasteiger partial charge in [-0.3, -0.25) is 9.59 Å². The van der Waals surface area contributed by atoms with Crippen LogP contribution in [0.15, 0.2) is 30.3 Å². The first-order chi connectivity index (χ1) is 12.0. The molecule has 1 aromatic rings. The van der Waals surface area contributed by atoms with Gasteiger partial charge in [0.1, 0.15) is 0 Å².